The molecule has 1 unspecified atom stereocenters. The summed E-state index contributed by atoms with van der Waals surface area (Å²) in [5.41, 5.74) is 6.21. The summed E-state index contributed by atoms with van der Waals surface area (Å²) in [6.45, 7) is 2.27. The number of hydrogen-bond donors (Lipinski definition) is 2. The van der Waals surface area contributed by atoms with Gasteiger partial charge in [-0.3, -0.25) is 4.79 Å². The lowest BCUT2D eigenvalue weighted by molar-refractivity contribution is -0.137. The Hall–Kier alpha value is -0.570. The van der Waals surface area contributed by atoms with E-state index < -0.39 is 5.97 Å². The number of nitrogens with two attached hydrogens (primary N) is 1. The maximum atomic E-state index is 10.4. The maximum Gasteiger partial charge on any atom is 0.303 e. The molecule has 0 heterocycles. The van der Waals surface area contributed by atoms with Crippen LogP contribution < -0.4 is 5.73 Å². The average Bonchev–Trinajstić information content (AvgIpc) is 2.55. The van der Waals surface area contributed by atoms with Crippen LogP contribution in [-0.2, 0) is 4.79 Å². The van der Waals surface area contributed by atoms with Gasteiger partial charge in [0.2, 0.25) is 0 Å². The molecule has 0 spiro atoms. The normalized spacial score (nSPS) is 12.4. The number of carboxylic acids is 1. The molecule has 0 saturated heterocycles. The Balaban J connectivity index is 3.15. The average molecular weight is 342 g/mol. The lowest BCUT2D eigenvalue weighted by Gasteiger charge is -2.11. The number of carbonyl (C=O) groups is 1. The van der Waals surface area contributed by atoms with Crippen molar-refractivity contribution in [3.63, 3.8) is 0 Å². The largest absolute Gasteiger partial charge is 0.481 e. The van der Waals surface area contributed by atoms with Gasteiger partial charge < -0.3 is 10.8 Å². The van der Waals surface area contributed by atoms with Gasteiger partial charge in [-0.05, 0) is 19.3 Å². The minimum atomic E-state index is -0.666. The Morgan fingerprint density at radius 3 is 1.50 bits per heavy atom. The molecule has 0 bridgehead atoms. The summed E-state index contributed by atoms with van der Waals surface area (Å²) in [5, 5.41) is 8.56. The van der Waals surface area contributed by atoms with Gasteiger partial charge in [-0.1, -0.05) is 96.8 Å². The molecule has 144 valence electrons. The summed E-state index contributed by atoms with van der Waals surface area (Å²) in [7, 11) is 0. The molecule has 0 fully saturated rings. The number of aliphatic carboxylic acids is 1. The van der Waals surface area contributed by atoms with E-state index in [9.17, 15) is 4.79 Å². The highest BCUT2D eigenvalue weighted by Gasteiger charge is 2.02. The van der Waals surface area contributed by atoms with Gasteiger partial charge in [0.25, 0.3) is 0 Å². The van der Waals surface area contributed by atoms with Crippen molar-refractivity contribution in [2.45, 2.75) is 129 Å². The molecule has 0 aromatic carbocycles. The summed E-state index contributed by atoms with van der Waals surface area (Å²) in [5.74, 6) is -0.666. The zero-order valence-electron chi connectivity index (χ0n) is 16.2. The molecular formula is C21H43NO2. The van der Waals surface area contributed by atoms with E-state index in [1.54, 1.807) is 0 Å². The van der Waals surface area contributed by atoms with Crippen LogP contribution in [0.2, 0.25) is 0 Å². The number of hydrogen-bond acceptors (Lipinski definition) is 2. The van der Waals surface area contributed by atoms with Gasteiger partial charge in [0.05, 0.1) is 0 Å². The van der Waals surface area contributed by atoms with E-state index in [4.69, 9.17) is 10.8 Å². The summed E-state index contributed by atoms with van der Waals surface area (Å²) in [4.78, 5) is 10.4. The SMILES string of the molecule is CCCCCCCCCCC(N)CCCCCCCCCC(=O)O. The molecule has 0 amide bonds. The highest BCUT2D eigenvalue weighted by molar-refractivity contribution is 5.66. The minimum Gasteiger partial charge on any atom is -0.481 e. The molecule has 0 aliphatic heterocycles. The molecule has 3 heteroatoms. The van der Waals surface area contributed by atoms with E-state index in [1.807, 2.05) is 0 Å². The molecule has 0 aliphatic rings. The van der Waals surface area contributed by atoms with E-state index in [1.165, 1.54) is 96.3 Å². The highest BCUT2D eigenvalue weighted by Crippen LogP contribution is 2.14. The zero-order chi connectivity index (χ0) is 17.9. The molecule has 0 saturated carbocycles. The van der Waals surface area contributed by atoms with Crippen molar-refractivity contribution in [2.75, 3.05) is 0 Å². The van der Waals surface area contributed by atoms with E-state index in [0.717, 1.165) is 12.8 Å². The van der Waals surface area contributed by atoms with Crippen LogP contribution in [0, 0.1) is 0 Å². The Bertz CT molecular complexity index is 269. The van der Waals surface area contributed by atoms with E-state index in [2.05, 4.69) is 6.92 Å². The van der Waals surface area contributed by atoms with Crippen LogP contribution in [0.25, 0.3) is 0 Å². The standard InChI is InChI=1S/C21H43NO2/c1-2-3-4-5-6-8-11-14-17-20(22)18-15-12-9-7-10-13-16-19-21(23)24/h20H,2-19,22H2,1H3,(H,23,24). The predicted octanol–water partition coefficient (Wildman–Crippen LogP) is 6.44. The fourth-order valence-electron chi connectivity index (χ4n) is 3.25. The fourth-order valence-corrected chi connectivity index (χ4v) is 3.25. The quantitative estimate of drug-likeness (QED) is 0.266. The number of unbranched alkanes of at least 4 members (excludes halogenated alkanes) is 13. The third kappa shape index (κ3) is 19.5. The molecule has 0 aromatic heterocycles. The Kier molecular flexibility index (Phi) is 18.3. The lowest BCUT2D eigenvalue weighted by atomic mass is 10.0. The smallest absolute Gasteiger partial charge is 0.303 e. The molecule has 0 rings (SSSR count). The molecule has 3 nitrogen and oxygen atoms in total. The zero-order valence-corrected chi connectivity index (χ0v) is 16.2. The maximum absolute atomic E-state index is 10.4. The van der Waals surface area contributed by atoms with Crippen molar-refractivity contribution in [3.05, 3.63) is 0 Å². The summed E-state index contributed by atoms with van der Waals surface area (Å²) < 4.78 is 0. The molecule has 0 aromatic rings. The second kappa shape index (κ2) is 18.8. The van der Waals surface area contributed by atoms with Gasteiger partial charge in [0.15, 0.2) is 0 Å². The van der Waals surface area contributed by atoms with Crippen LogP contribution in [0.4, 0.5) is 0 Å². The van der Waals surface area contributed by atoms with Crippen molar-refractivity contribution in [1.29, 1.82) is 0 Å². The van der Waals surface area contributed by atoms with Crippen LogP contribution in [0.15, 0.2) is 0 Å². The van der Waals surface area contributed by atoms with E-state index >= 15 is 0 Å². The molecule has 1 atom stereocenters. The summed E-state index contributed by atoms with van der Waals surface area (Å²) in [6.07, 6.45) is 21.8. The van der Waals surface area contributed by atoms with Crippen LogP contribution in [-0.4, -0.2) is 17.1 Å². The van der Waals surface area contributed by atoms with Crippen molar-refractivity contribution in [1.82, 2.24) is 0 Å². The van der Waals surface area contributed by atoms with Crippen molar-refractivity contribution in [2.24, 2.45) is 5.73 Å². The van der Waals surface area contributed by atoms with Gasteiger partial charge in [-0.25, -0.2) is 0 Å². The van der Waals surface area contributed by atoms with Gasteiger partial charge in [0.1, 0.15) is 0 Å². The number of rotatable bonds is 19. The second-order valence-electron chi connectivity index (χ2n) is 7.43. The van der Waals surface area contributed by atoms with Crippen LogP contribution in [0.1, 0.15) is 122 Å². The first-order chi connectivity index (χ1) is 11.7. The molecular weight excluding hydrogens is 298 g/mol. The monoisotopic (exact) mass is 341 g/mol. The number of carboxylic acid groups (broad SMARTS) is 1. The highest BCUT2D eigenvalue weighted by atomic mass is 16.4. The van der Waals surface area contributed by atoms with Gasteiger partial charge in [-0.2, -0.15) is 0 Å². The molecule has 3 N–H and O–H groups in total. The van der Waals surface area contributed by atoms with Crippen molar-refractivity contribution in [3.8, 4) is 0 Å². The first-order valence-electron chi connectivity index (χ1n) is 10.6. The van der Waals surface area contributed by atoms with Gasteiger partial charge >= 0.3 is 5.97 Å². The topological polar surface area (TPSA) is 63.3 Å². The minimum absolute atomic E-state index is 0.327. The van der Waals surface area contributed by atoms with Crippen molar-refractivity contribution < 1.29 is 9.90 Å². The fraction of sp³-hybridized carbons (Fsp3) is 0.952. The predicted molar refractivity (Wildman–Crippen MR) is 104 cm³/mol. The van der Waals surface area contributed by atoms with Crippen LogP contribution in [0.3, 0.4) is 0 Å². The molecule has 0 radical (unpaired) electrons. The van der Waals surface area contributed by atoms with Gasteiger partial charge in [-0.15, -0.1) is 0 Å². The second-order valence-corrected chi connectivity index (χ2v) is 7.43. The summed E-state index contributed by atoms with van der Waals surface area (Å²) >= 11 is 0. The Morgan fingerprint density at radius 2 is 1.08 bits per heavy atom. The Labute approximate surface area is 150 Å². The molecule has 24 heavy (non-hydrogen) atoms. The third-order valence-electron chi connectivity index (χ3n) is 4.89. The van der Waals surface area contributed by atoms with E-state index in [-0.39, 0.29) is 0 Å². The van der Waals surface area contributed by atoms with Crippen molar-refractivity contribution >= 4 is 5.97 Å². The van der Waals surface area contributed by atoms with Crippen LogP contribution in [0.5, 0.6) is 0 Å². The first-order valence-corrected chi connectivity index (χ1v) is 10.6. The van der Waals surface area contributed by atoms with Crippen LogP contribution >= 0.6 is 0 Å². The molecule has 0 aliphatic carbocycles. The summed E-state index contributed by atoms with van der Waals surface area (Å²) in [6, 6.07) is 0.403. The lowest BCUT2D eigenvalue weighted by Crippen LogP contribution is -2.19. The Morgan fingerprint density at radius 1 is 0.708 bits per heavy atom. The third-order valence-corrected chi connectivity index (χ3v) is 4.89. The van der Waals surface area contributed by atoms with E-state index in [0.29, 0.717) is 12.5 Å². The van der Waals surface area contributed by atoms with Gasteiger partial charge in [0, 0.05) is 12.5 Å². The first kappa shape index (κ1) is 23.4.